The van der Waals surface area contributed by atoms with Crippen LogP contribution in [0.4, 0.5) is 0 Å². The second-order valence-corrected chi connectivity index (χ2v) is 7.19. The zero-order chi connectivity index (χ0) is 12.5. The van der Waals surface area contributed by atoms with Crippen LogP contribution < -0.4 is 0 Å². The molecule has 0 aromatic carbocycles. The minimum atomic E-state index is 0.439. The van der Waals surface area contributed by atoms with Gasteiger partial charge in [-0.15, -0.1) is 0 Å². The van der Waals surface area contributed by atoms with Crippen molar-refractivity contribution in [3.8, 4) is 0 Å². The maximum Gasteiger partial charge on any atom is 0.0480 e. The highest BCUT2D eigenvalue weighted by Crippen LogP contribution is 2.46. The number of nitrogens with zero attached hydrogens (tertiary/aromatic N) is 1. The summed E-state index contributed by atoms with van der Waals surface area (Å²) in [7, 11) is 0. The van der Waals surface area contributed by atoms with Gasteiger partial charge in [-0.1, -0.05) is 27.7 Å². The highest BCUT2D eigenvalue weighted by Gasteiger charge is 2.40. The molecule has 2 heterocycles. The van der Waals surface area contributed by atoms with E-state index in [-0.39, 0.29) is 0 Å². The van der Waals surface area contributed by atoms with Crippen molar-refractivity contribution in [2.45, 2.75) is 59.4 Å². The molecule has 0 saturated carbocycles. The molecule has 100 valence electrons. The van der Waals surface area contributed by atoms with Gasteiger partial charge in [0.25, 0.3) is 0 Å². The van der Waals surface area contributed by atoms with Crippen LogP contribution in [0.2, 0.25) is 0 Å². The van der Waals surface area contributed by atoms with E-state index in [1.807, 2.05) is 0 Å². The highest BCUT2D eigenvalue weighted by molar-refractivity contribution is 4.92. The van der Waals surface area contributed by atoms with Crippen molar-refractivity contribution in [2.75, 3.05) is 26.3 Å². The van der Waals surface area contributed by atoms with Crippen LogP contribution in [0.3, 0.4) is 0 Å². The normalized spacial score (nSPS) is 28.2. The summed E-state index contributed by atoms with van der Waals surface area (Å²) in [6.45, 7) is 14.2. The van der Waals surface area contributed by atoms with Gasteiger partial charge in [-0.25, -0.2) is 0 Å². The van der Waals surface area contributed by atoms with Crippen LogP contribution in [0.1, 0.15) is 53.4 Å². The van der Waals surface area contributed by atoms with Gasteiger partial charge in [-0.3, -0.25) is 0 Å². The maximum atomic E-state index is 5.46. The molecule has 0 amide bonds. The average Bonchev–Trinajstić information content (AvgIpc) is 2.30. The summed E-state index contributed by atoms with van der Waals surface area (Å²) in [5, 5.41) is 0. The molecular formula is C15H29NO. The first kappa shape index (κ1) is 13.4. The molecule has 2 aliphatic heterocycles. The fourth-order valence-corrected chi connectivity index (χ4v) is 3.18. The van der Waals surface area contributed by atoms with Crippen LogP contribution in [0.5, 0.6) is 0 Å². The Kier molecular flexibility index (Phi) is 3.84. The Hall–Kier alpha value is -0.0800. The molecule has 2 nitrogen and oxygen atoms in total. The van der Waals surface area contributed by atoms with Crippen molar-refractivity contribution in [3.63, 3.8) is 0 Å². The smallest absolute Gasteiger partial charge is 0.0480 e. The Morgan fingerprint density at radius 2 is 1.59 bits per heavy atom. The molecule has 17 heavy (non-hydrogen) atoms. The van der Waals surface area contributed by atoms with E-state index in [1.165, 1.54) is 38.8 Å². The predicted octanol–water partition coefficient (Wildman–Crippen LogP) is 3.31. The first-order valence-electron chi connectivity index (χ1n) is 7.24. The summed E-state index contributed by atoms with van der Waals surface area (Å²) in [5.74, 6) is 0. The van der Waals surface area contributed by atoms with E-state index in [0.717, 1.165) is 19.3 Å². The molecule has 0 bridgehead atoms. The van der Waals surface area contributed by atoms with Crippen LogP contribution >= 0.6 is 0 Å². The highest BCUT2D eigenvalue weighted by atomic mass is 16.5. The second-order valence-electron chi connectivity index (χ2n) is 7.19. The molecule has 0 unspecified atom stereocenters. The van der Waals surface area contributed by atoms with E-state index in [0.29, 0.717) is 10.8 Å². The Bertz CT molecular complexity index is 242. The quantitative estimate of drug-likeness (QED) is 0.696. The summed E-state index contributed by atoms with van der Waals surface area (Å²) < 4.78 is 5.46. The summed E-state index contributed by atoms with van der Waals surface area (Å²) in [6, 6.07) is 0.799. The van der Waals surface area contributed by atoms with Gasteiger partial charge in [0.15, 0.2) is 0 Å². The summed E-state index contributed by atoms with van der Waals surface area (Å²) in [4.78, 5) is 2.72. The minimum Gasteiger partial charge on any atom is -0.381 e. The molecule has 2 saturated heterocycles. The zero-order valence-electron chi connectivity index (χ0n) is 12.1. The lowest BCUT2D eigenvalue weighted by molar-refractivity contribution is -0.0219. The maximum absolute atomic E-state index is 5.46. The molecule has 0 radical (unpaired) electrons. The molecule has 0 aromatic rings. The van der Waals surface area contributed by atoms with Crippen molar-refractivity contribution < 1.29 is 4.74 Å². The largest absolute Gasteiger partial charge is 0.381 e. The van der Waals surface area contributed by atoms with E-state index in [1.54, 1.807) is 0 Å². The molecule has 2 fully saturated rings. The van der Waals surface area contributed by atoms with Crippen molar-refractivity contribution in [2.24, 2.45) is 10.8 Å². The zero-order valence-corrected chi connectivity index (χ0v) is 12.1. The van der Waals surface area contributed by atoms with Crippen molar-refractivity contribution in [1.82, 2.24) is 4.90 Å². The van der Waals surface area contributed by atoms with Gasteiger partial charge in [0.05, 0.1) is 0 Å². The molecule has 2 rings (SSSR count). The molecule has 2 heteroatoms. The summed E-state index contributed by atoms with van der Waals surface area (Å²) in [5.41, 5.74) is 0.962. The van der Waals surface area contributed by atoms with Crippen LogP contribution in [-0.2, 0) is 4.74 Å². The Labute approximate surface area is 107 Å². The van der Waals surface area contributed by atoms with Crippen LogP contribution in [0.25, 0.3) is 0 Å². The average molecular weight is 239 g/mol. The van der Waals surface area contributed by atoms with E-state index in [4.69, 9.17) is 4.74 Å². The Balaban J connectivity index is 1.89. The molecule has 0 aromatic heterocycles. The van der Waals surface area contributed by atoms with E-state index in [2.05, 4.69) is 32.6 Å². The van der Waals surface area contributed by atoms with Crippen LogP contribution in [-0.4, -0.2) is 37.2 Å². The van der Waals surface area contributed by atoms with Gasteiger partial charge in [-0.2, -0.15) is 0 Å². The molecule has 2 aliphatic rings. The monoisotopic (exact) mass is 239 g/mol. The Morgan fingerprint density at radius 3 is 2.06 bits per heavy atom. The van der Waals surface area contributed by atoms with E-state index in [9.17, 15) is 0 Å². The molecule has 0 atom stereocenters. The minimum absolute atomic E-state index is 0.439. The number of hydrogen-bond donors (Lipinski definition) is 0. The SMILES string of the molecule is CC(C)(C)C1(C)CCN(C2CCOCC2)CC1. The lowest BCUT2D eigenvalue weighted by Crippen LogP contribution is -2.49. The Morgan fingerprint density at radius 1 is 1.06 bits per heavy atom. The fraction of sp³-hybridized carbons (Fsp3) is 1.00. The summed E-state index contributed by atoms with van der Waals surface area (Å²) >= 11 is 0. The topological polar surface area (TPSA) is 12.5 Å². The van der Waals surface area contributed by atoms with Crippen molar-refractivity contribution >= 4 is 0 Å². The molecule has 0 N–H and O–H groups in total. The summed E-state index contributed by atoms with van der Waals surface area (Å²) in [6.07, 6.45) is 5.19. The first-order chi connectivity index (χ1) is 7.92. The molecular weight excluding hydrogens is 210 g/mol. The third-order valence-electron chi connectivity index (χ3n) is 5.42. The van der Waals surface area contributed by atoms with E-state index < -0.39 is 0 Å². The van der Waals surface area contributed by atoms with Gasteiger partial charge in [0, 0.05) is 19.3 Å². The van der Waals surface area contributed by atoms with Gasteiger partial charge in [0.1, 0.15) is 0 Å². The number of likely N-dealkylation sites (tertiary alicyclic amines) is 1. The lowest BCUT2D eigenvalue weighted by Gasteiger charge is -2.49. The lowest BCUT2D eigenvalue weighted by atomic mass is 9.62. The van der Waals surface area contributed by atoms with Gasteiger partial charge >= 0.3 is 0 Å². The van der Waals surface area contributed by atoms with Crippen LogP contribution in [0, 0.1) is 10.8 Å². The third kappa shape index (κ3) is 2.85. The van der Waals surface area contributed by atoms with E-state index >= 15 is 0 Å². The molecule has 0 aliphatic carbocycles. The number of piperidine rings is 1. The predicted molar refractivity (Wildman–Crippen MR) is 72.2 cm³/mol. The molecule has 0 spiro atoms. The van der Waals surface area contributed by atoms with Crippen LogP contribution in [0.15, 0.2) is 0 Å². The van der Waals surface area contributed by atoms with Gasteiger partial charge < -0.3 is 9.64 Å². The third-order valence-corrected chi connectivity index (χ3v) is 5.42. The van der Waals surface area contributed by atoms with Crippen molar-refractivity contribution in [1.29, 1.82) is 0 Å². The van der Waals surface area contributed by atoms with Gasteiger partial charge in [0.2, 0.25) is 0 Å². The number of hydrogen-bond acceptors (Lipinski definition) is 2. The second kappa shape index (κ2) is 4.89. The number of ether oxygens (including phenoxy) is 1. The van der Waals surface area contributed by atoms with Crippen molar-refractivity contribution in [3.05, 3.63) is 0 Å². The fourth-order valence-electron chi connectivity index (χ4n) is 3.18. The first-order valence-corrected chi connectivity index (χ1v) is 7.24. The standard InChI is InChI=1S/C15H29NO/c1-14(2,3)15(4)7-9-16(10-8-15)13-5-11-17-12-6-13/h13H,5-12H2,1-4H3. The number of rotatable bonds is 1. The van der Waals surface area contributed by atoms with Gasteiger partial charge in [-0.05, 0) is 49.6 Å².